The smallest absolute Gasteiger partial charge is 0.326 e. The Morgan fingerprint density at radius 3 is 2.50 bits per heavy atom. The summed E-state index contributed by atoms with van der Waals surface area (Å²) in [6, 6.07) is -1.29. The molecule has 5 heteroatoms. The van der Waals surface area contributed by atoms with Crippen LogP contribution in [-0.4, -0.2) is 40.5 Å². The zero-order chi connectivity index (χ0) is 12.3. The summed E-state index contributed by atoms with van der Waals surface area (Å²) in [7, 11) is 0. The van der Waals surface area contributed by atoms with Crippen molar-refractivity contribution in [1.29, 1.82) is 0 Å². The lowest BCUT2D eigenvalue weighted by atomic mass is 9.98. The summed E-state index contributed by atoms with van der Waals surface area (Å²) >= 11 is 0. The molecule has 1 rings (SSSR count). The predicted molar refractivity (Wildman–Crippen MR) is 59.8 cm³/mol. The normalized spacial score (nSPS) is 23.2. The van der Waals surface area contributed by atoms with Crippen molar-refractivity contribution in [2.75, 3.05) is 6.54 Å². The van der Waals surface area contributed by atoms with Gasteiger partial charge in [0.05, 0.1) is 6.04 Å². The van der Waals surface area contributed by atoms with Crippen LogP contribution in [0.2, 0.25) is 0 Å². The summed E-state index contributed by atoms with van der Waals surface area (Å²) in [4.78, 5) is 24.4. The molecule has 0 aromatic carbocycles. The number of amides is 1. The second kappa shape index (κ2) is 5.30. The first-order valence-electron chi connectivity index (χ1n) is 5.74. The summed E-state index contributed by atoms with van der Waals surface area (Å²) < 4.78 is 0. The summed E-state index contributed by atoms with van der Waals surface area (Å²) in [5, 5.41) is 9.04. The van der Waals surface area contributed by atoms with Crippen LogP contribution in [0.25, 0.3) is 0 Å². The van der Waals surface area contributed by atoms with Crippen molar-refractivity contribution < 1.29 is 14.7 Å². The Bertz CT molecular complexity index is 278. The van der Waals surface area contributed by atoms with Gasteiger partial charge in [-0.15, -0.1) is 0 Å². The van der Waals surface area contributed by atoms with Gasteiger partial charge < -0.3 is 15.7 Å². The Kier molecular flexibility index (Phi) is 4.29. The molecular formula is C11H20N2O3. The average molecular weight is 228 g/mol. The van der Waals surface area contributed by atoms with Gasteiger partial charge in [0.15, 0.2) is 0 Å². The van der Waals surface area contributed by atoms with E-state index in [0.29, 0.717) is 13.0 Å². The van der Waals surface area contributed by atoms with Gasteiger partial charge in [-0.25, -0.2) is 4.79 Å². The summed E-state index contributed by atoms with van der Waals surface area (Å²) in [6.07, 6.45) is 2.25. The van der Waals surface area contributed by atoms with Crippen molar-refractivity contribution in [3.8, 4) is 0 Å². The number of nitrogens with two attached hydrogens (primary N) is 1. The SMILES string of the molecule is CC(C)C(N)C(=O)N1CCCCC1C(=O)O. The van der Waals surface area contributed by atoms with Crippen molar-refractivity contribution in [1.82, 2.24) is 4.90 Å². The highest BCUT2D eigenvalue weighted by molar-refractivity contribution is 5.87. The van der Waals surface area contributed by atoms with Crippen LogP contribution in [0.4, 0.5) is 0 Å². The largest absolute Gasteiger partial charge is 0.480 e. The number of nitrogens with zero attached hydrogens (tertiary/aromatic N) is 1. The molecule has 0 aromatic rings. The molecule has 5 nitrogen and oxygen atoms in total. The third kappa shape index (κ3) is 2.72. The molecule has 0 aromatic heterocycles. The summed E-state index contributed by atoms with van der Waals surface area (Å²) in [5.74, 6) is -1.13. The summed E-state index contributed by atoms with van der Waals surface area (Å²) in [6.45, 7) is 4.24. The number of likely N-dealkylation sites (tertiary alicyclic amines) is 1. The summed E-state index contributed by atoms with van der Waals surface area (Å²) in [5.41, 5.74) is 5.77. The average Bonchev–Trinajstić information content (AvgIpc) is 2.26. The monoisotopic (exact) mass is 228 g/mol. The molecule has 1 fully saturated rings. The maximum Gasteiger partial charge on any atom is 0.326 e. The van der Waals surface area contributed by atoms with Gasteiger partial charge in [0, 0.05) is 6.54 Å². The van der Waals surface area contributed by atoms with Crippen LogP contribution in [0.5, 0.6) is 0 Å². The molecule has 3 N–H and O–H groups in total. The van der Waals surface area contributed by atoms with E-state index in [0.717, 1.165) is 12.8 Å². The fourth-order valence-corrected chi connectivity index (χ4v) is 1.93. The number of carboxylic acids is 1. The van der Waals surface area contributed by atoms with Crippen LogP contribution in [0, 0.1) is 5.92 Å². The molecular weight excluding hydrogens is 208 g/mol. The molecule has 1 heterocycles. The highest BCUT2D eigenvalue weighted by atomic mass is 16.4. The van der Waals surface area contributed by atoms with Crippen molar-refractivity contribution in [2.45, 2.75) is 45.2 Å². The van der Waals surface area contributed by atoms with E-state index in [1.54, 1.807) is 0 Å². The van der Waals surface area contributed by atoms with Crippen LogP contribution >= 0.6 is 0 Å². The van der Waals surface area contributed by atoms with E-state index < -0.39 is 18.1 Å². The number of carboxylic acid groups (broad SMARTS) is 1. The minimum absolute atomic E-state index is 0.0314. The van der Waals surface area contributed by atoms with Crippen molar-refractivity contribution >= 4 is 11.9 Å². The third-order valence-electron chi connectivity index (χ3n) is 3.07. The van der Waals surface area contributed by atoms with E-state index in [2.05, 4.69) is 0 Å². The van der Waals surface area contributed by atoms with Gasteiger partial charge in [0.2, 0.25) is 5.91 Å². The van der Waals surface area contributed by atoms with E-state index in [4.69, 9.17) is 10.8 Å². The molecule has 0 saturated carbocycles. The topological polar surface area (TPSA) is 83.6 Å². The lowest BCUT2D eigenvalue weighted by Gasteiger charge is -2.35. The molecule has 1 saturated heterocycles. The zero-order valence-electron chi connectivity index (χ0n) is 9.85. The van der Waals surface area contributed by atoms with Crippen LogP contribution in [0.15, 0.2) is 0 Å². The zero-order valence-corrected chi connectivity index (χ0v) is 9.85. The number of aliphatic carboxylic acids is 1. The minimum atomic E-state index is -0.927. The van der Waals surface area contributed by atoms with Gasteiger partial charge in [-0.05, 0) is 25.2 Å². The van der Waals surface area contributed by atoms with Gasteiger partial charge in [0.1, 0.15) is 6.04 Å². The molecule has 0 bridgehead atoms. The Morgan fingerprint density at radius 2 is 2.00 bits per heavy atom. The minimum Gasteiger partial charge on any atom is -0.480 e. The molecule has 92 valence electrons. The molecule has 2 atom stereocenters. The van der Waals surface area contributed by atoms with Crippen LogP contribution in [0.3, 0.4) is 0 Å². The first-order chi connectivity index (χ1) is 7.45. The number of carbonyl (C=O) groups excluding carboxylic acids is 1. The Hall–Kier alpha value is -1.10. The first-order valence-corrected chi connectivity index (χ1v) is 5.74. The van der Waals surface area contributed by atoms with E-state index in [1.165, 1.54) is 4.90 Å². The van der Waals surface area contributed by atoms with Gasteiger partial charge in [-0.1, -0.05) is 13.8 Å². The third-order valence-corrected chi connectivity index (χ3v) is 3.07. The second-order valence-electron chi connectivity index (χ2n) is 4.65. The molecule has 0 spiro atoms. The molecule has 1 amide bonds. The molecule has 2 unspecified atom stereocenters. The van der Waals surface area contributed by atoms with Gasteiger partial charge >= 0.3 is 5.97 Å². The van der Waals surface area contributed by atoms with Crippen molar-refractivity contribution in [3.63, 3.8) is 0 Å². The van der Waals surface area contributed by atoms with Crippen molar-refractivity contribution in [3.05, 3.63) is 0 Å². The second-order valence-corrected chi connectivity index (χ2v) is 4.65. The quantitative estimate of drug-likeness (QED) is 0.734. The lowest BCUT2D eigenvalue weighted by molar-refractivity contribution is -0.153. The van der Waals surface area contributed by atoms with Gasteiger partial charge in [-0.3, -0.25) is 4.79 Å². The fraction of sp³-hybridized carbons (Fsp3) is 0.818. The molecule has 1 aliphatic rings. The molecule has 1 aliphatic heterocycles. The maximum atomic E-state index is 12.0. The van der Waals surface area contributed by atoms with E-state index >= 15 is 0 Å². The predicted octanol–water partition coefficient (Wildman–Crippen LogP) is 0.435. The van der Waals surface area contributed by atoms with Crippen LogP contribution < -0.4 is 5.73 Å². The number of rotatable bonds is 3. The Morgan fingerprint density at radius 1 is 1.38 bits per heavy atom. The van der Waals surface area contributed by atoms with Crippen LogP contribution in [-0.2, 0) is 9.59 Å². The Labute approximate surface area is 95.6 Å². The number of carbonyl (C=O) groups is 2. The molecule has 0 radical (unpaired) electrons. The van der Waals surface area contributed by atoms with E-state index in [1.807, 2.05) is 13.8 Å². The highest BCUT2D eigenvalue weighted by Gasteiger charge is 2.34. The van der Waals surface area contributed by atoms with Gasteiger partial charge in [0.25, 0.3) is 0 Å². The highest BCUT2D eigenvalue weighted by Crippen LogP contribution is 2.19. The number of piperidine rings is 1. The van der Waals surface area contributed by atoms with Crippen LogP contribution in [0.1, 0.15) is 33.1 Å². The lowest BCUT2D eigenvalue weighted by Crippen LogP contribution is -2.54. The fourth-order valence-electron chi connectivity index (χ4n) is 1.93. The van der Waals surface area contributed by atoms with E-state index in [-0.39, 0.29) is 11.8 Å². The Balaban J connectivity index is 2.75. The first kappa shape index (κ1) is 13.0. The van der Waals surface area contributed by atoms with E-state index in [9.17, 15) is 9.59 Å². The number of hydrogen-bond acceptors (Lipinski definition) is 3. The van der Waals surface area contributed by atoms with Gasteiger partial charge in [-0.2, -0.15) is 0 Å². The molecule has 0 aliphatic carbocycles. The maximum absolute atomic E-state index is 12.0. The molecule has 16 heavy (non-hydrogen) atoms. The standard InChI is InChI=1S/C11H20N2O3/c1-7(2)9(12)10(14)13-6-4-3-5-8(13)11(15)16/h7-9H,3-6,12H2,1-2H3,(H,15,16). The number of hydrogen-bond donors (Lipinski definition) is 2. The van der Waals surface area contributed by atoms with Crippen molar-refractivity contribution in [2.24, 2.45) is 11.7 Å².